The van der Waals surface area contributed by atoms with Crippen LogP contribution in [0.15, 0.2) is 18.2 Å². The van der Waals surface area contributed by atoms with Crippen LogP contribution in [0.25, 0.3) is 0 Å². The van der Waals surface area contributed by atoms with Gasteiger partial charge in [-0.15, -0.1) is 0 Å². The summed E-state index contributed by atoms with van der Waals surface area (Å²) in [7, 11) is 0. The molecule has 2 nitrogen and oxygen atoms in total. The van der Waals surface area contributed by atoms with Crippen molar-refractivity contribution in [2.45, 2.75) is 33.6 Å². The molecule has 0 unspecified atom stereocenters. The van der Waals surface area contributed by atoms with Crippen LogP contribution in [0.3, 0.4) is 0 Å². The zero-order valence-electron chi connectivity index (χ0n) is 10.7. The fourth-order valence-electron chi connectivity index (χ4n) is 1.24. The van der Waals surface area contributed by atoms with E-state index in [4.69, 9.17) is 0 Å². The highest BCUT2D eigenvalue weighted by Crippen LogP contribution is 2.22. The predicted molar refractivity (Wildman–Crippen MR) is 74.4 cm³/mol. The molecule has 3 heteroatoms. The van der Waals surface area contributed by atoms with Gasteiger partial charge in [-0.25, -0.2) is 0 Å². The molecule has 1 rings (SSSR count). The van der Waals surface area contributed by atoms with Crippen LogP contribution >= 0.6 is 11.9 Å². The van der Waals surface area contributed by atoms with Gasteiger partial charge in [0.05, 0.1) is 5.69 Å². The lowest BCUT2D eigenvalue weighted by Gasteiger charge is -2.10. The smallest absolute Gasteiger partial charge is 0.152 e. The van der Waals surface area contributed by atoms with E-state index in [2.05, 4.69) is 24.6 Å². The van der Waals surface area contributed by atoms with Gasteiger partial charge in [0.25, 0.3) is 0 Å². The summed E-state index contributed by atoms with van der Waals surface area (Å²) in [4.78, 5) is 10.8. The zero-order chi connectivity index (χ0) is 12.6. The summed E-state index contributed by atoms with van der Waals surface area (Å²) in [5, 5.41) is 0. The molecule has 16 heavy (non-hydrogen) atoms. The molecule has 0 heterocycles. The molecule has 0 bridgehead atoms. The molecule has 0 radical (unpaired) electrons. The van der Waals surface area contributed by atoms with Crippen LogP contribution in [0.2, 0.25) is 0 Å². The number of hydrogen-bond donors (Lipinski definition) is 1. The highest BCUT2D eigenvalue weighted by Gasteiger charge is 2.04. The van der Waals surface area contributed by atoms with Crippen LogP contribution in [0.4, 0.5) is 5.69 Å². The first kappa shape index (κ1) is 15.0. The summed E-state index contributed by atoms with van der Waals surface area (Å²) >= 11 is 1.49. The number of carbonyl (C=O) groups is 1. The van der Waals surface area contributed by atoms with Crippen LogP contribution < -0.4 is 4.72 Å². The van der Waals surface area contributed by atoms with E-state index in [9.17, 15) is 4.79 Å². The summed E-state index contributed by atoms with van der Waals surface area (Å²) in [6.45, 7) is 8.23. The Hall–Kier alpha value is -0.960. The molecule has 0 fully saturated rings. The Kier molecular flexibility index (Phi) is 7.73. The Morgan fingerprint density at radius 1 is 1.31 bits per heavy atom. The zero-order valence-corrected chi connectivity index (χ0v) is 11.5. The molecule has 1 aromatic rings. The maximum Gasteiger partial charge on any atom is 0.152 e. The summed E-state index contributed by atoms with van der Waals surface area (Å²) in [5.41, 5.74) is 2.81. The third-order valence-corrected chi connectivity index (χ3v) is 2.51. The van der Waals surface area contributed by atoms with Gasteiger partial charge in [0, 0.05) is 11.8 Å². The minimum Gasteiger partial charge on any atom is -0.329 e. The lowest BCUT2D eigenvalue weighted by molar-refractivity contribution is 0.112. The Bertz CT molecular complexity index is 324. The molecule has 0 amide bonds. The number of carbonyl (C=O) groups excluding carboxylic acids is 1. The van der Waals surface area contributed by atoms with Crippen LogP contribution in [-0.4, -0.2) is 12.5 Å². The first-order chi connectivity index (χ1) is 7.69. The highest BCUT2D eigenvalue weighted by atomic mass is 32.2. The maximum atomic E-state index is 10.8. The quantitative estimate of drug-likeness (QED) is 0.626. The average Bonchev–Trinajstić information content (AvgIpc) is 2.32. The second-order valence-corrected chi connectivity index (χ2v) is 4.04. The van der Waals surface area contributed by atoms with Gasteiger partial charge in [-0.1, -0.05) is 45.7 Å². The Morgan fingerprint density at radius 2 is 1.94 bits per heavy atom. The molecule has 0 saturated heterocycles. The van der Waals surface area contributed by atoms with Gasteiger partial charge in [0.2, 0.25) is 0 Å². The van der Waals surface area contributed by atoms with E-state index in [1.165, 1.54) is 17.5 Å². The molecule has 0 saturated carbocycles. The summed E-state index contributed by atoms with van der Waals surface area (Å²) in [5.74, 6) is 0.456. The van der Waals surface area contributed by atoms with E-state index in [1.807, 2.05) is 32.2 Å². The number of aldehydes is 1. The Morgan fingerprint density at radius 3 is 2.38 bits per heavy atom. The molecular formula is C13H21NOS. The van der Waals surface area contributed by atoms with Crippen molar-refractivity contribution in [3.8, 4) is 0 Å². The monoisotopic (exact) mass is 239 g/mol. The van der Waals surface area contributed by atoms with Gasteiger partial charge < -0.3 is 4.72 Å². The van der Waals surface area contributed by atoms with Crippen molar-refractivity contribution >= 4 is 23.9 Å². The standard InChI is InChI=1S/C11H15NOS.C2H6/c1-8(2)9-4-5-11(12-14-3)10(6-9)7-13;1-2/h4-8,12H,1-3H3;1-2H3. The third kappa shape index (κ3) is 4.27. The van der Waals surface area contributed by atoms with Crippen molar-refractivity contribution in [2.24, 2.45) is 0 Å². The molecule has 0 atom stereocenters. The first-order valence-corrected chi connectivity index (χ1v) is 6.79. The van der Waals surface area contributed by atoms with E-state index < -0.39 is 0 Å². The van der Waals surface area contributed by atoms with Crippen molar-refractivity contribution in [1.29, 1.82) is 0 Å². The number of benzene rings is 1. The van der Waals surface area contributed by atoms with Crippen LogP contribution in [0.5, 0.6) is 0 Å². The normalized spacial score (nSPS) is 9.38. The van der Waals surface area contributed by atoms with E-state index in [0.717, 1.165) is 17.5 Å². The molecule has 0 aliphatic rings. The van der Waals surface area contributed by atoms with E-state index in [1.54, 1.807) is 0 Å². The molecule has 90 valence electrons. The predicted octanol–water partition coefficient (Wildman–Crippen LogP) is 4.34. The van der Waals surface area contributed by atoms with Crippen molar-refractivity contribution in [3.63, 3.8) is 0 Å². The fraction of sp³-hybridized carbons (Fsp3) is 0.462. The van der Waals surface area contributed by atoms with Gasteiger partial charge in [-0.05, 0) is 23.6 Å². The van der Waals surface area contributed by atoms with Crippen molar-refractivity contribution in [1.82, 2.24) is 0 Å². The summed E-state index contributed by atoms with van der Waals surface area (Å²) < 4.78 is 3.08. The van der Waals surface area contributed by atoms with Gasteiger partial charge >= 0.3 is 0 Å². The summed E-state index contributed by atoms with van der Waals surface area (Å²) in [6, 6.07) is 5.95. The molecule has 0 spiro atoms. The molecule has 0 aromatic heterocycles. The Balaban J connectivity index is 0.00000106. The topological polar surface area (TPSA) is 29.1 Å². The Labute approximate surface area is 103 Å². The van der Waals surface area contributed by atoms with Gasteiger partial charge in [-0.3, -0.25) is 4.79 Å². The number of nitrogens with one attached hydrogen (secondary N) is 1. The average molecular weight is 239 g/mol. The van der Waals surface area contributed by atoms with Gasteiger partial charge in [0.15, 0.2) is 6.29 Å². The minimum atomic E-state index is 0.456. The number of hydrogen-bond acceptors (Lipinski definition) is 3. The molecule has 1 aromatic carbocycles. The van der Waals surface area contributed by atoms with Gasteiger partial charge in [-0.2, -0.15) is 0 Å². The maximum absolute atomic E-state index is 10.8. The number of anilines is 1. The SMILES string of the molecule is CC.CSNc1ccc(C(C)C)cc1C=O. The molecule has 0 aliphatic carbocycles. The van der Waals surface area contributed by atoms with E-state index >= 15 is 0 Å². The van der Waals surface area contributed by atoms with E-state index in [0.29, 0.717) is 5.92 Å². The van der Waals surface area contributed by atoms with Crippen LogP contribution in [-0.2, 0) is 0 Å². The van der Waals surface area contributed by atoms with E-state index in [-0.39, 0.29) is 0 Å². The lowest BCUT2D eigenvalue weighted by atomic mass is 10.0. The lowest BCUT2D eigenvalue weighted by Crippen LogP contribution is -1.95. The largest absolute Gasteiger partial charge is 0.329 e. The number of rotatable bonds is 4. The first-order valence-electron chi connectivity index (χ1n) is 5.57. The fourth-order valence-corrected chi connectivity index (χ4v) is 1.65. The van der Waals surface area contributed by atoms with Crippen LogP contribution in [0, 0.1) is 0 Å². The molecule has 1 N–H and O–H groups in total. The third-order valence-electron chi connectivity index (χ3n) is 2.08. The van der Waals surface area contributed by atoms with Gasteiger partial charge in [0.1, 0.15) is 0 Å². The highest BCUT2D eigenvalue weighted by molar-refractivity contribution is 7.99. The van der Waals surface area contributed by atoms with Crippen molar-refractivity contribution < 1.29 is 4.79 Å². The minimum absolute atomic E-state index is 0.456. The molecule has 0 aliphatic heterocycles. The van der Waals surface area contributed by atoms with Crippen LogP contribution in [0.1, 0.15) is 49.5 Å². The van der Waals surface area contributed by atoms with Crippen molar-refractivity contribution in [2.75, 3.05) is 11.0 Å². The second-order valence-electron chi connectivity index (χ2n) is 3.43. The second kappa shape index (κ2) is 8.22. The van der Waals surface area contributed by atoms with Crippen molar-refractivity contribution in [3.05, 3.63) is 29.3 Å². The molecular weight excluding hydrogens is 218 g/mol. The summed E-state index contributed by atoms with van der Waals surface area (Å²) in [6.07, 6.45) is 2.83.